The normalized spacial score (nSPS) is 17.1. The van der Waals surface area contributed by atoms with Crippen molar-refractivity contribution < 1.29 is 22.7 Å². The van der Waals surface area contributed by atoms with Crippen LogP contribution in [0, 0.1) is 12.8 Å². The number of halogens is 1. The number of piperidine rings is 1. The summed E-state index contributed by atoms with van der Waals surface area (Å²) in [5.41, 5.74) is 2.80. The summed E-state index contributed by atoms with van der Waals surface area (Å²) in [5, 5.41) is 3.05. The van der Waals surface area contributed by atoms with Crippen LogP contribution in [0.1, 0.15) is 30.9 Å². The molecule has 0 spiro atoms. The Balaban J connectivity index is 1.83. The summed E-state index contributed by atoms with van der Waals surface area (Å²) in [5.74, 6) is 0.0643. The number of carbonyl (C=O) groups is 1. The number of anilines is 1. The first-order valence-corrected chi connectivity index (χ1v) is 12.8. The fraction of sp³-hybridized carbons (Fsp3) is 0.435. The maximum atomic E-state index is 13.4. The van der Waals surface area contributed by atoms with Crippen LogP contribution in [0.4, 0.5) is 5.69 Å². The molecule has 0 bridgehead atoms. The second-order valence-corrected chi connectivity index (χ2v) is 10.6. The SMILES string of the molecule is CCc1cc(Br)cc(C)c1NC(=O)[C@@H]1CCCN(S(=O)(=O)c2cc(OC)ccc2OC)C1. The Bertz CT molecular complexity index is 1100. The molecule has 0 aliphatic carbocycles. The summed E-state index contributed by atoms with van der Waals surface area (Å²) < 4.78 is 39.6. The zero-order chi connectivity index (χ0) is 23.5. The molecule has 1 atom stereocenters. The number of nitrogens with zero attached hydrogens (tertiary/aromatic N) is 1. The maximum Gasteiger partial charge on any atom is 0.246 e. The highest BCUT2D eigenvalue weighted by atomic mass is 79.9. The minimum absolute atomic E-state index is 0.0393. The minimum Gasteiger partial charge on any atom is -0.497 e. The third kappa shape index (κ3) is 5.10. The molecule has 0 unspecified atom stereocenters. The van der Waals surface area contributed by atoms with Gasteiger partial charge < -0.3 is 14.8 Å². The molecule has 0 saturated carbocycles. The molecule has 2 aromatic carbocycles. The molecule has 1 N–H and O–H groups in total. The van der Waals surface area contributed by atoms with Crippen molar-refractivity contribution >= 4 is 37.5 Å². The van der Waals surface area contributed by atoms with Gasteiger partial charge in [0.05, 0.1) is 20.1 Å². The molecular formula is C23H29BrN2O5S. The van der Waals surface area contributed by atoms with Gasteiger partial charge in [-0.25, -0.2) is 8.42 Å². The molecule has 0 radical (unpaired) electrons. The van der Waals surface area contributed by atoms with Crippen LogP contribution in [0.5, 0.6) is 11.5 Å². The van der Waals surface area contributed by atoms with Crippen molar-refractivity contribution in [1.82, 2.24) is 4.31 Å². The molecule has 1 heterocycles. The number of methoxy groups -OCH3 is 2. The first kappa shape index (κ1) is 24.5. The molecule has 1 aliphatic rings. The summed E-state index contributed by atoms with van der Waals surface area (Å²) in [4.78, 5) is 13.2. The Hall–Kier alpha value is -2.10. The lowest BCUT2D eigenvalue weighted by Crippen LogP contribution is -2.43. The van der Waals surface area contributed by atoms with Gasteiger partial charge in [-0.2, -0.15) is 4.31 Å². The molecule has 9 heteroatoms. The van der Waals surface area contributed by atoms with Crippen molar-refractivity contribution in [3.8, 4) is 11.5 Å². The Kier molecular flexibility index (Phi) is 7.84. The van der Waals surface area contributed by atoms with Crippen LogP contribution in [0.15, 0.2) is 39.7 Å². The fourth-order valence-electron chi connectivity index (χ4n) is 3.99. The van der Waals surface area contributed by atoms with Gasteiger partial charge >= 0.3 is 0 Å². The second-order valence-electron chi connectivity index (χ2n) is 7.82. The lowest BCUT2D eigenvalue weighted by atomic mass is 9.98. The van der Waals surface area contributed by atoms with Crippen LogP contribution in [-0.4, -0.2) is 45.9 Å². The molecule has 2 aromatic rings. The van der Waals surface area contributed by atoms with Gasteiger partial charge in [-0.1, -0.05) is 22.9 Å². The van der Waals surface area contributed by atoms with Gasteiger partial charge in [0.1, 0.15) is 16.4 Å². The van der Waals surface area contributed by atoms with Crippen molar-refractivity contribution in [2.24, 2.45) is 5.92 Å². The lowest BCUT2D eigenvalue weighted by molar-refractivity contribution is -0.120. The predicted molar refractivity (Wildman–Crippen MR) is 128 cm³/mol. The average Bonchev–Trinajstić information content (AvgIpc) is 2.80. The van der Waals surface area contributed by atoms with Gasteiger partial charge in [0.15, 0.2) is 0 Å². The van der Waals surface area contributed by atoms with Crippen LogP contribution < -0.4 is 14.8 Å². The Morgan fingerprint density at radius 3 is 2.62 bits per heavy atom. The van der Waals surface area contributed by atoms with E-state index in [0.717, 1.165) is 27.7 Å². The third-order valence-electron chi connectivity index (χ3n) is 5.75. The number of amides is 1. The smallest absolute Gasteiger partial charge is 0.246 e. The number of rotatable bonds is 7. The molecule has 3 rings (SSSR count). The topological polar surface area (TPSA) is 84.9 Å². The number of aryl methyl sites for hydroxylation is 2. The highest BCUT2D eigenvalue weighted by Gasteiger charge is 2.35. The monoisotopic (exact) mass is 524 g/mol. The Morgan fingerprint density at radius 1 is 1.22 bits per heavy atom. The van der Waals surface area contributed by atoms with Crippen LogP contribution in [-0.2, 0) is 21.2 Å². The van der Waals surface area contributed by atoms with E-state index in [4.69, 9.17) is 9.47 Å². The molecule has 1 fully saturated rings. The standard InChI is InChI=1S/C23H29BrN2O5S/c1-5-16-12-18(24)11-15(2)22(16)25-23(27)17-7-6-10-26(14-17)32(28,29)21-13-19(30-3)8-9-20(21)31-4/h8-9,11-13,17H,5-7,10,14H2,1-4H3,(H,25,27)/t17-/m1/s1. The van der Waals surface area contributed by atoms with E-state index in [0.29, 0.717) is 25.1 Å². The first-order chi connectivity index (χ1) is 15.2. The summed E-state index contributed by atoms with van der Waals surface area (Å²) in [6.07, 6.45) is 2.00. The minimum atomic E-state index is -3.86. The van der Waals surface area contributed by atoms with Crippen molar-refractivity contribution in [1.29, 1.82) is 0 Å². The summed E-state index contributed by atoms with van der Waals surface area (Å²) in [6.45, 7) is 4.45. The number of nitrogens with one attached hydrogen (secondary N) is 1. The molecule has 0 aromatic heterocycles. The number of carbonyl (C=O) groups excluding carboxylic acids is 1. The van der Waals surface area contributed by atoms with E-state index in [1.54, 1.807) is 12.1 Å². The first-order valence-electron chi connectivity index (χ1n) is 10.5. The van der Waals surface area contributed by atoms with E-state index >= 15 is 0 Å². The van der Waals surface area contributed by atoms with Crippen molar-refractivity contribution in [3.05, 3.63) is 45.9 Å². The van der Waals surface area contributed by atoms with Crippen LogP contribution in [0.2, 0.25) is 0 Å². The summed E-state index contributed by atoms with van der Waals surface area (Å²) in [7, 11) is -0.951. The molecular weight excluding hydrogens is 496 g/mol. The highest BCUT2D eigenvalue weighted by Crippen LogP contribution is 2.33. The molecule has 32 heavy (non-hydrogen) atoms. The van der Waals surface area contributed by atoms with E-state index in [1.165, 1.54) is 24.6 Å². The molecule has 1 amide bonds. The highest BCUT2D eigenvalue weighted by molar-refractivity contribution is 9.10. The number of hydrogen-bond acceptors (Lipinski definition) is 5. The van der Waals surface area contributed by atoms with Gasteiger partial charge in [-0.05, 0) is 61.6 Å². The predicted octanol–water partition coefficient (Wildman–Crippen LogP) is 4.38. The van der Waals surface area contributed by atoms with Crippen LogP contribution in [0.25, 0.3) is 0 Å². The quantitative estimate of drug-likeness (QED) is 0.580. The number of ether oxygens (including phenoxy) is 2. The van der Waals surface area contributed by atoms with Gasteiger partial charge in [0, 0.05) is 29.3 Å². The third-order valence-corrected chi connectivity index (χ3v) is 8.10. The summed E-state index contributed by atoms with van der Waals surface area (Å²) in [6, 6.07) is 8.63. The Labute approximate surface area is 198 Å². The van der Waals surface area contributed by atoms with Gasteiger partial charge in [-0.15, -0.1) is 0 Å². The van der Waals surface area contributed by atoms with E-state index in [1.807, 2.05) is 26.0 Å². The van der Waals surface area contributed by atoms with E-state index in [9.17, 15) is 13.2 Å². The number of sulfonamides is 1. The lowest BCUT2D eigenvalue weighted by Gasteiger charge is -2.32. The van der Waals surface area contributed by atoms with Crippen LogP contribution >= 0.6 is 15.9 Å². The molecule has 1 saturated heterocycles. The molecule has 174 valence electrons. The van der Waals surface area contributed by atoms with Gasteiger partial charge in [0.2, 0.25) is 15.9 Å². The number of benzene rings is 2. The maximum absolute atomic E-state index is 13.4. The van der Waals surface area contributed by atoms with E-state index < -0.39 is 15.9 Å². The van der Waals surface area contributed by atoms with Crippen molar-refractivity contribution in [2.75, 3.05) is 32.6 Å². The second kappa shape index (κ2) is 10.2. The zero-order valence-corrected chi connectivity index (χ0v) is 21.2. The largest absolute Gasteiger partial charge is 0.497 e. The average molecular weight is 525 g/mol. The van der Waals surface area contributed by atoms with E-state index in [2.05, 4.69) is 21.2 Å². The fourth-order valence-corrected chi connectivity index (χ4v) is 6.31. The van der Waals surface area contributed by atoms with Crippen molar-refractivity contribution in [3.63, 3.8) is 0 Å². The van der Waals surface area contributed by atoms with Crippen molar-refractivity contribution in [2.45, 2.75) is 38.0 Å². The van der Waals surface area contributed by atoms with Gasteiger partial charge in [-0.3, -0.25) is 4.79 Å². The molecule has 1 aliphatic heterocycles. The molecule has 7 nitrogen and oxygen atoms in total. The van der Waals surface area contributed by atoms with E-state index in [-0.39, 0.29) is 23.1 Å². The Morgan fingerprint density at radius 2 is 1.97 bits per heavy atom. The zero-order valence-electron chi connectivity index (χ0n) is 18.8. The van der Waals surface area contributed by atoms with Crippen LogP contribution in [0.3, 0.4) is 0 Å². The number of hydrogen-bond donors (Lipinski definition) is 1. The van der Waals surface area contributed by atoms with Gasteiger partial charge in [0.25, 0.3) is 0 Å². The summed E-state index contributed by atoms with van der Waals surface area (Å²) >= 11 is 3.50.